The van der Waals surface area contributed by atoms with Gasteiger partial charge in [-0.3, -0.25) is 4.79 Å². The lowest BCUT2D eigenvalue weighted by Crippen LogP contribution is -2.11. The molecule has 0 aliphatic heterocycles. The Morgan fingerprint density at radius 1 is 1.03 bits per heavy atom. The van der Waals surface area contributed by atoms with E-state index in [0.29, 0.717) is 11.4 Å². The Morgan fingerprint density at radius 3 is 2.57 bits per heavy atom. The maximum Gasteiger partial charge on any atom is 0.387 e. The predicted molar refractivity (Wildman–Crippen MR) is 106 cm³/mol. The molecule has 0 bridgehead atoms. The molecule has 6 nitrogen and oxygen atoms in total. The first kappa shape index (κ1) is 21.2. The summed E-state index contributed by atoms with van der Waals surface area (Å²) in [6.07, 6.45) is 0. The minimum absolute atomic E-state index is 0.0873. The van der Waals surface area contributed by atoms with Crippen molar-refractivity contribution in [2.45, 2.75) is 27.1 Å². The van der Waals surface area contributed by atoms with Crippen LogP contribution in [0.4, 0.5) is 14.5 Å². The Kier molecular flexibility index (Phi) is 6.90. The van der Waals surface area contributed by atoms with Crippen molar-refractivity contribution in [1.82, 2.24) is 0 Å². The van der Waals surface area contributed by atoms with E-state index in [4.69, 9.17) is 13.9 Å². The lowest BCUT2D eigenvalue weighted by atomic mass is 10.2. The van der Waals surface area contributed by atoms with E-state index in [0.717, 1.165) is 11.3 Å². The molecule has 0 fully saturated rings. The quantitative estimate of drug-likeness (QED) is 0.503. The topological polar surface area (TPSA) is 69.9 Å². The van der Waals surface area contributed by atoms with Gasteiger partial charge in [0.2, 0.25) is 0 Å². The van der Waals surface area contributed by atoms with Gasteiger partial charge in [0.1, 0.15) is 18.1 Å². The number of carbonyl (C=O) groups excluding carboxylic acids is 1. The number of ether oxygens (including phenoxy) is 3. The standard InChI is InChI=1S/C22H21F2NO5/c1-3-27-20-12-15(8-10-18(20)30-22(23)24)25-21(26)19-11-9-16(29-19)13-28-17-7-5-4-6-14(17)2/h4-12,22H,3,13H2,1-2H3,(H,25,26). The van der Waals surface area contributed by atoms with Crippen LogP contribution in [0.2, 0.25) is 0 Å². The van der Waals surface area contributed by atoms with E-state index >= 15 is 0 Å². The summed E-state index contributed by atoms with van der Waals surface area (Å²) in [5.74, 6) is 0.792. The second kappa shape index (κ2) is 9.78. The average Bonchev–Trinajstić information content (AvgIpc) is 3.18. The zero-order valence-corrected chi connectivity index (χ0v) is 16.5. The molecule has 0 aliphatic rings. The van der Waals surface area contributed by atoms with Crippen molar-refractivity contribution in [2.75, 3.05) is 11.9 Å². The molecule has 0 unspecified atom stereocenters. The zero-order chi connectivity index (χ0) is 21.5. The van der Waals surface area contributed by atoms with Crippen LogP contribution < -0.4 is 19.5 Å². The number of carbonyl (C=O) groups is 1. The van der Waals surface area contributed by atoms with Crippen LogP contribution in [0, 0.1) is 6.92 Å². The Labute approximate surface area is 172 Å². The SMILES string of the molecule is CCOc1cc(NC(=O)c2ccc(COc3ccccc3C)o2)ccc1OC(F)F. The highest BCUT2D eigenvalue weighted by Gasteiger charge is 2.15. The molecule has 3 rings (SSSR count). The number of para-hydroxylation sites is 1. The molecular weight excluding hydrogens is 396 g/mol. The van der Waals surface area contributed by atoms with Crippen molar-refractivity contribution in [2.24, 2.45) is 0 Å². The second-order valence-electron chi connectivity index (χ2n) is 6.25. The number of furan rings is 1. The molecule has 1 amide bonds. The number of anilines is 1. The van der Waals surface area contributed by atoms with Gasteiger partial charge in [0, 0.05) is 11.8 Å². The van der Waals surface area contributed by atoms with Gasteiger partial charge in [-0.1, -0.05) is 18.2 Å². The van der Waals surface area contributed by atoms with Gasteiger partial charge in [-0.05, 0) is 49.7 Å². The highest BCUT2D eigenvalue weighted by molar-refractivity contribution is 6.02. The number of aryl methyl sites for hydroxylation is 1. The lowest BCUT2D eigenvalue weighted by Gasteiger charge is -2.13. The first-order chi connectivity index (χ1) is 14.5. The number of halogens is 2. The minimum atomic E-state index is -2.98. The highest BCUT2D eigenvalue weighted by Crippen LogP contribution is 2.32. The van der Waals surface area contributed by atoms with Crippen LogP contribution in [0.25, 0.3) is 0 Å². The van der Waals surface area contributed by atoms with Crippen LogP contribution in [0.15, 0.2) is 59.0 Å². The van der Waals surface area contributed by atoms with E-state index in [2.05, 4.69) is 10.1 Å². The number of rotatable bonds is 9. The fraction of sp³-hybridized carbons (Fsp3) is 0.227. The van der Waals surface area contributed by atoms with Gasteiger partial charge in [0.15, 0.2) is 17.3 Å². The van der Waals surface area contributed by atoms with Crippen molar-refractivity contribution < 1.29 is 32.2 Å². The zero-order valence-electron chi connectivity index (χ0n) is 16.5. The van der Waals surface area contributed by atoms with Crippen LogP contribution in [0.3, 0.4) is 0 Å². The molecule has 0 aliphatic carbocycles. The van der Waals surface area contributed by atoms with E-state index in [9.17, 15) is 13.6 Å². The molecule has 2 aromatic carbocycles. The molecule has 0 saturated carbocycles. The third-order valence-corrected chi connectivity index (χ3v) is 4.07. The number of amides is 1. The predicted octanol–water partition coefficient (Wildman–Crippen LogP) is 5.42. The first-order valence-electron chi connectivity index (χ1n) is 9.26. The Hall–Kier alpha value is -3.55. The summed E-state index contributed by atoms with van der Waals surface area (Å²) in [5.41, 5.74) is 1.34. The average molecular weight is 417 g/mol. The summed E-state index contributed by atoms with van der Waals surface area (Å²) < 4.78 is 46.0. The fourth-order valence-corrected chi connectivity index (χ4v) is 2.68. The van der Waals surface area contributed by atoms with Crippen LogP contribution in [0.1, 0.15) is 28.8 Å². The van der Waals surface area contributed by atoms with Crippen LogP contribution in [-0.2, 0) is 6.61 Å². The van der Waals surface area contributed by atoms with Gasteiger partial charge in [-0.2, -0.15) is 8.78 Å². The van der Waals surface area contributed by atoms with E-state index in [1.807, 2.05) is 31.2 Å². The van der Waals surface area contributed by atoms with Crippen molar-refractivity contribution in [3.63, 3.8) is 0 Å². The summed E-state index contributed by atoms with van der Waals surface area (Å²) in [5, 5.41) is 2.64. The summed E-state index contributed by atoms with van der Waals surface area (Å²) in [6, 6.07) is 14.9. The molecule has 8 heteroatoms. The molecule has 3 aromatic rings. The first-order valence-corrected chi connectivity index (χ1v) is 9.26. The molecule has 0 atom stereocenters. The maximum atomic E-state index is 12.5. The van der Waals surface area contributed by atoms with Gasteiger partial charge in [-0.25, -0.2) is 0 Å². The fourth-order valence-electron chi connectivity index (χ4n) is 2.68. The molecule has 1 N–H and O–H groups in total. The summed E-state index contributed by atoms with van der Waals surface area (Å²) in [4.78, 5) is 12.4. The molecule has 0 radical (unpaired) electrons. The van der Waals surface area contributed by atoms with Gasteiger partial charge in [0.05, 0.1) is 6.61 Å². The molecule has 1 aromatic heterocycles. The normalized spacial score (nSPS) is 10.7. The van der Waals surface area contributed by atoms with Crippen molar-refractivity contribution in [3.05, 3.63) is 71.7 Å². The van der Waals surface area contributed by atoms with Gasteiger partial charge < -0.3 is 23.9 Å². The van der Waals surface area contributed by atoms with Gasteiger partial charge in [0.25, 0.3) is 5.91 Å². The Bertz CT molecular complexity index is 1000. The minimum Gasteiger partial charge on any atom is -0.490 e. The summed E-state index contributed by atoms with van der Waals surface area (Å²) in [7, 11) is 0. The van der Waals surface area contributed by atoms with E-state index in [-0.39, 0.29) is 30.5 Å². The third kappa shape index (κ3) is 5.50. The Morgan fingerprint density at radius 2 is 1.83 bits per heavy atom. The van der Waals surface area contributed by atoms with Gasteiger partial charge >= 0.3 is 6.61 Å². The number of nitrogens with one attached hydrogen (secondary N) is 1. The van der Waals surface area contributed by atoms with Crippen molar-refractivity contribution in [3.8, 4) is 17.2 Å². The molecule has 158 valence electrons. The highest BCUT2D eigenvalue weighted by atomic mass is 19.3. The molecular formula is C22H21F2NO5. The van der Waals surface area contributed by atoms with Gasteiger partial charge in [-0.15, -0.1) is 0 Å². The number of benzene rings is 2. The summed E-state index contributed by atoms with van der Waals surface area (Å²) >= 11 is 0. The molecule has 0 saturated heterocycles. The smallest absolute Gasteiger partial charge is 0.387 e. The van der Waals surface area contributed by atoms with Crippen LogP contribution >= 0.6 is 0 Å². The van der Waals surface area contributed by atoms with E-state index < -0.39 is 12.5 Å². The monoisotopic (exact) mass is 417 g/mol. The number of alkyl halides is 2. The molecule has 0 spiro atoms. The van der Waals surface area contributed by atoms with Crippen LogP contribution in [-0.4, -0.2) is 19.1 Å². The van der Waals surface area contributed by atoms with Crippen molar-refractivity contribution in [1.29, 1.82) is 0 Å². The Balaban J connectivity index is 1.65. The largest absolute Gasteiger partial charge is 0.490 e. The van der Waals surface area contributed by atoms with Crippen LogP contribution in [0.5, 0.6) is 17.2 Å². The molecule has 1 heterocycles. The lowest BCUT2D eigenvalue weighted by molar-refractivity contribution is -0.0514. The number of hydrogen-bond donors (Lipinski definition) is 1. The second-order valence-corrected chi connectivity index (χ2v) is 6.25. The van der Waals surface area contributed by atoms with E-state index in [1.54, 1.807) is 13.0 Å². The maximum absolute atomic E-state index is 12.5. The summed E-state index contributed by atoms with van der Waals surface area (Å²) in [6.45, 7) is 1.09. The third-order valence-electron chi connectivity index (χ3n) is 4.07. The van der Waals surface area contributed by atoms with Crippen molar-refractivity contribution >= 4 is 11.6 Å². The number of hydrogen-bond acceptors (Lipinski definition) is 5. The van der Waals surface area contributed by atoms with E-state index in [1.165, 1.54) is 24.3 Å². The molecule has 30 heavy (non-hydrogen) atoms.